The zero-order chi connectivity index (χ0) is 15.1. The number of benzene rings is 1. The first-order valence-corrected chi connectivity index (χ1v) is 6.99. The summed E-state index contributed by atoms with van der Waals surface area (Å²) >= 11 is 0. The highest BCUT2D eigenvalue weighted by Crippen LogP contribution is 2.48. The van der Waals surface area contributed by atoms with E-state index in [9.17, 15) is 19.8 Å². The largest absolute Gasteiger partial charge is 0.508 e. The Bertz CT molecular complexity index is 637. The molecule has 4 unspecified atom stereocenters. The molecule has 0 saturated heterocycles. The number of allylic oxidation sites excluding steroid dienone is 2. The molecule has 0 radical (unpaired) electrons. The highest BCUT2D eigenvalue weighted by molar-refractivity contribution is 5.96. The molecular formula is C16H17NO4. The third-order valence-corrected chi connectivity index (χ3v) is 4.51. The van der Waals surface area contributed by atoms with Crippen LogP contribution in [0.1, 0.15) is 12.0 Å². The first-order valence-electron chi connectivity index (χ1n) is 6.99. The molecule has 3 rings (SSSR count). The van der Waals surface area contributed by atoms with E-state index in [0.29, 0.717) is 11.3 Å². The Morgan fingerprint density at radius 2 is 1.86 bits per heavy atom. The van der Waals surface area contributed by atoms with E-state index in [0.717, 1.165) is 6.42 Å². The average Bonchev–Trinajstić information content (AvgIpc) is 3.03. The molecule has 0 spiro atoms. The fourth-order valence-electron chi connectivity index (χ4n) is 3.48. The number of rotatable bonds is 3. The first-order chi connectivity index (χ1) is 9.97. The lowest BCUT2D eigenvalue weighted by Crippen LogP contribution is -2.36. The summed E-state index contributed by atoms with van der Waals surface area (Å²) in [5.74, 6) is -2.19. The van der Waals surface area contributed by atoms with Crippen molar-refractivity contribution in [2.24, 2.45) is 23.7 Å². The van der Waals surface area contributed by atoms with Crippen molar-refractivity contribution < 1.29 is 19.8 Å². The number of anilines is 1. The van der Waals surface area contributed by atoms with E-state index in [-0.39, 0.29) is 23.5 Å². The van der Waals surface area contributed by atoms with Gasteiger partial charge in [-0.05, 0) is 48.9 Å². The summed E-state index contributed by atoms with van der Waals surface area (Å²) in [5.41, 5.74) is 1.24. The zero-order valence-electron chi connectivity index (χ0n) is 11.6. The number of aryl methyl sites for hydroxylation is 1. The molecule has 2 aliphatic carbocycles. The van der Waals surface area contributed by atoms with Crippen molar-refractivity contribution >= 4 is 17.6 Å². The summed E-state index contributed by atoms with van der Waals surface area (Å²) in [7, 11) is 0. The zero-order valence-corrected chi connectivity index (χ0v) is 11.6. The maximum absolute atomic E-state index is 12.4. The van der Waals surface area contributed by atoms with Crippen molar-refractivity contribution in [3.8, 4) is 5.75 Å². The van der Waals surface area contributed by atoms with Crippen LogP contribution >= 0.6 is 0 Å². The number of aromatic hydroxyl groups is 1. The van der Waals surface area contributed by atoms with Gasteiger partial charge in [0.15, 0.2) is 0 Å². The Balaban J connectivity index is 1.80. The average molecular weight is 287 g/mol. The number of hydrogen-bond acceptors (Lipinski definition) is 3. The maximum Gasteiger partial charge on any atom is 0.307 e. The van der Waals surface area contributed by atoms with Gasteiger partial charge >= 0.3 is 5.97 Å². The van der Waals surface area contributed by atoms with E-state index in [1.165, 1.54) is 6.07 Å². The smallest absolute Gasteiger partial charge is 0.307 e. The maximum atomic E-state index is 12.4. The van der Waals surface area contributed by atoms with Crippen LogP contribution in [0.2, 0.25) is 0 Å². The molecule has 110 valence electrons. The Hall–Kier alpha value is -2.30. The first kappa shape index (κ1) is 13.7. The van der Waals surface area contributed by atoms with E-state index in [4.69, 9.17) is 0 Å². The minimum absolute atomic E-state index is 0.00862. The van der Waals surface area contributed by atoms with Gasteiger partial charge in [-0.3, -0.25) is 9.59 Å². The molecule has 1 saturated carbocycles. The number of nitrogens with one attached hydrogen (secondary N) is 1. The highest BCUT2D eigenvalue weighted by Gasteiger charge is 2.51. The molecule has 2 bridgehead atoms. The number of phenols is 1. The van der Waals surface area contributed by atoms with Crippen molar-refractivity contribution in [1.82, 2.24) is 0 Å². The van der Waals surface area contributed by atoms with Crippen LogP contribution in [0, 0.1) is 30.6 Å². The summed E-state index contributed by atoms with van der Waals surface area (Å²) in [6.45, 7) is 1.74. The van der Waals surface area contributed by atoms with Gasteiger partial charge in [-0.1, -0.05) is 12.2 Å². The number of fused-ring (bicyclic) bond motifs is 2. The van der Waals surface area contributed by atoms with Crippen LogP contribution in [0.5, 0.6) is 5.75 Å². The van der Waals surface area contributed by atoms with Crippen molar-refractivity contribution in [1.29, 1.82) is 0 Å². The van der Waals surface area contributed by atoms with Crippen molar-refractivity contribution in [2.75, 3.05) is 5.32 Å². The number of carboxylic acids is 1. The number of carbonyl (C=O) groups excluding carboxylic acids is 1. The summed E-state index contributed by atoms with van der Waals surface area (Å²) < 4.78 is 0. The van der Waals surface area contributed by atoms with Gasteiger partial charge in [-0.25, -0.2) is 0 Å². The molecule has 5 heteroatoms. The number of hydrogen-bond donors (Lipinski definition) is 3. The second kappa shape index (κ2) is 4.91. The quantitative estimate of drug-likeness (QED) is 0.587. The van der Waals surface area contributed by atoms with Crippen molar-refractivity contribution in [3.63, 3.8) is 0 Å². The van der Waals surface area contributed by atoms with Gasteiger partial charge in [0, 0.05) is 5.69 Å². The standard InChI is InChI=1S/C16H17NO4/c1-8-6-11(4-5-12(8)18)17-15(19)13-9-2-3-10(7-9)14(13)16(20)21/h2-6,9-10,13-14,18H,7H2,1H3,(H,17,19)(H,20,21). The van der Waals surface area contributed by atoms with Crippen LogP contribution < -0.4 is 5.32 Å². The monoisotopic (exact) mass is 287 g/mol. The molecule has 4 atom stereocenters. The van der Waals surface area contributed by atoms with E-state index < -0.39 is 17.8 Å². The third-order valence-electron chi connectivity index (χ3n) is 4.51. The summed E-state index contributed by atoms with van der Waals surface area (Å²) in [6, 6.07) is 4.80. The van der Waals surface area contributed by atoms with Crippen LogP contribution in [0.15, 0.2) is 30.4 Å². The highest BCUT2D eigenvalue weighted by atomic mass is 16.4. The van der Waals surface area contributed by atoms with Crippen LogP contribution in [0.25, 0.3) is 0 Å². The van der Waals surface area contributed by atoms with Gasteiger partial charge in [-0.15, -0.1) is 0 Å². The lowest BCUT2D eigenvalue weighted by atomic mass is 9.82. The molecular weight excluding hydrogens is 270 g/mol. The third kappa shape index (κ3) is 2.28. The number of phenolic OH excluding ortho intramolecular Hbond substituents is 1. The minimum atomic E-state index is -0.908. The Kier molecular flexibility index (Phi) is 3.20. The number of carboxylic acid groups (broad SMARTS) is 1. The molecule has 2 aliphatic rings. The van der Waals surface area contributed by atoms with Crippen LogP contribution in [-0.2, 0) is 9.59 Å². The minimum Gasteiger partial charge on any atom is -0.508 e. The van der Waals surface area contributed by atoms with Gasteiger partial charge in [0.25, 0.3) is 0 Å². The molecule has 1 aromatic rings. The van der Waals surface area contributed by atoms with Gasteiger partial charge < -0.3 is 15.5 Å². The van der Waals surface area contributed by atoms with Crippen LogP contribution in [0.3, 0.4) is 0 Å². The number of carbonyl (C=O) groups is 2. The molecule has 1 amide bonds. The SMILES string of the molecule is Cc1cc(NC(=O)C2C3C=CC(C3)C2C(=O)O)ccc1O. The van der Waals surface area contributed by atoms with E-state index in [1.54, 1.807) is 19.1 Å². The Labute approximate surface area is 122 Å². The molecule has 1 aromatic carbocycles. The Morgan fingerprint density at radius 3 is 2.48 bits per heavy atom. The fraction of sp³-hybridized carbons (Fsp3) is 0.375. The van der Waals surface area contributed by atoms with Gasteiger partial charge in [-0.2, -0.15) is 0 Å². The second-order valence-electron chi connectivity index (χ2n) is 5.83. The van der Waals surface area contributed by atoms with Crippen LogP contribution in [-0.4, -0.2) is 22.1 Å². The van der Waals surface area contributed by atoms with Gasteiger partial charge in [0.05, 0.1) is 11.8 Å². The summed E-state index contributed by atoms with van der Waals surface area (Å²) in [5, 5.41) is 21.6. The van der Waals surface area contributed by atoms with Crippen LogP contribution in [0.4, 0.5) is 5.69 Å². The molecule has 0 heterocycles. The van der Waals surface area contributed by atoms with E-state index in [1.807, 2.05) is 12.2 Å². The lowest BCUT2D eigenvalue weighted by Gasteiger charge is -2.24. The normalized spacial score (nSPS) is 29.6. The summed E-state index contributed by atoms with van der Waals surface area (Å²) in [6.07, 6.45) is 4.61. The van der Waals surface area contributed by atoms with Gasteiger partial charge in [0.1, 0.15) is 5.75 Å². The lowest BCUT2D eigenvalue weighted by molar-refractivity contribution is -0.146. The molecule has 3 N–H and O–H groups in total. The molecule has 21 heavy (non-hydrogen) atoms. The Morgan fingerprint density at radius 1 is 1.19 bits per heavy atom. The topological polar surface area (TPSA) is 86.6 Å². The molecule has 0 aromatic heterocycles. The molecule has 0 aliphatic heterocycles. The van der Waals surface area contributed by atoms with Crippen molar-refractivity contribution in [3.05, 3.63) is 35.9 Å². The summed E-state index contributed by atoms with van der Waals surface area (Å²) in [4.78, 5) is 23.9. The second-order valence-corrected chi connectivity index (χ2v) is 5.83. The molecule has 5 nitrogen and oxygen atoms in total. The van der Waals surface area contributed by atoms with Crippen molar-refractivity contribution in [2.45, 2.75) is 13.3 Å². The van der Waals surface area contributed by atoms with E-state index in [2.05, 4.69) is 5.32 Å². The molecule has 1 fully saturated rings. The number of aliphatic carboxylic acids is 1. The fourth-order valence-corrected chi connectivity index (χ4v) is 3.48. The van der Waals surface area contributed by atoms with Gasteiger partial charge in [0.2, 0.25) is 5.91 Å². The predicted octanol–water partition coefficient (Wildman–Crippen LogP) is 2.16. The number of amides is 1. The van der Waals surface area contributed by atoms with E-state index >= 15 is 0 Å². The predicted molar refractivity (Wildman–Crippen MR) is 76.8 cm³/mol.